The van der Waals surface area contributed by atoms with E-state index in [9.17, 15) is 9.59 Å². The molecule has 0 spiro atoms. The first kappa shape index (κ1) is 20.7. The Morgan fingerprint density at radius 1 is 1.22 bits per heavy atom. The Labute approximate surface area is 166 Å². The van der Waals surface area contributed by atoms with Crippen LogP contribution in [0.2, 0.25) is 0 Å². The van der Waals surface area contributed by atoms with E-state index in [-0.39, 0.29) is 11.8 Å². The molecule has 1 aromatic heterocycles. The van der Waals surface area contributed by atoms with Gasteiger partial charge in [-0.2, -0.15) is 0 Å². The normalized spacial score (nSPS) is 11.6. The van der Waals surface area contributed by atoms with E-state index in [1.54, 1.807) is 12.1 Å². The van der Waals surface area contributed by atoms with Crippen molar-refractivity contribution in [1.29, 1.82) is 0 Å². The first-order valence-corrected chi connectivity index (χ1v) is 9.21. The standard InChI is InChI=1S/C19H22BrN3O4/c1-12(2)9-16(23-19(25)26-3)18(24)22-14-7-8-17(21-11-14)27-15-6-4-5-13(20)10-15/h4-8,10-12,16H,9H2,1-3H3,(H,22,24)(H,23,25). The molecule has 1 unspecified atom stereocenters. The largest absolute Gasteiger partial charge is 0.453 e. The third-order valence-electron chi connectivity index (χ3n) is 3.52. The maximum atomic E-state index is 12.5. The molecule has 1 heterocycles. The van der Waals surface area contributed by atoms with Crippen molar-refractivity contribution in [3.63, 3.8) is 0 Å². The van der Waals surface area contributed by atoms with Crippen LogP contribution >= 0.6 is 15.9 Å². The van der Waals surface area contributed by atoms with Crippen LogP contribution < -0.4 is 15.4 Å². The Balaban J connectivity index is 2.00. The van der Waals surface area contributed by atoms with Crippen molar-refractivity contribution in [1.82, 2.24) is 10.3 Å². The van der Waals surface area contributed by atoms with Crippen molar-refractivity contribution < 1.29 is 19.1 Å². The lowest BCUT2D eigenvalue weighted by Crippen LogP contribution is -2.44. The zero-order valence-electron chi connectivity index (χ0n) is 15.4. The summed E-state index contributed by atoms with van der Waals surface area (Å²) in [4.78, 5) is 28.1. The van der Waals surface area contributed by atoms with Gasteiger partial charge in [0.2, 0.25) is 11.8 Å². The van der Waals surface area contributed by atoms with Gasteiger partial charge in [0.1, 0.15) is 11.8 Å². The monoisotopic (exact) mass is 435 g/mol. The molecule has 2 amide bonds. The molecule has 0 saturated heterocycles. The number of ether oxygens (including phenoxy) is 2. The van der Waals surface area contributed by atoms with Crippen LogP contribution in [0.1, 0.15) is 20.3 Å². The summed E-state index contributed by atoms with van der Waals surface area (Å²) in [6, 6.07) is 10.0. The molecule has 7 nitrogen and oxygen atoms in total. The molecular formula is C19H22BrN3O4. The van der Waals surface area contributed by atoms with Crippen molar-refractivity contribution in [2.45, 2.75) is 26.3 Å². The molecule has 1 aromatic carbocycles. The number of hydrogen-bond acceptors (Lipinski definition) is 5. The number of nitrogens with zero attached hydrogens (tertiary/aromatic N) is 1. The van der Waals surface area contributed by atoms with Gasteiger partial charge in [0, 0.05) is 10.5 Å². The van der Waals surface area contributed by atoms with Crippen molar-refractivity contribution >= 4 is 33.6 Å². The molecule has 0 aliphatic heterocycles. The fourth-order valence-electron chi connectivity index (χ4n) is 2.30. The molecule has 0 bridgehead atoms. The average molecular weight is 436 g/mol. The molecule has 0 aliphatic carbocycles. The van der Waals surface area contributed by atoms with Gasteiger partial charge in [-0.25, -0.2) is 9.78 Å². The van der Waals surface area contributed by atoms with Gasteiger partial charge in [-0.3, -0.25) is 4.79 Å². The van der Waals surface area contributed by atoms with E-state index in [4.69, 9.17) is 4.74 Å². The highest BCUT2D eigenvalue weighted by atomic mass is 79.9. The van der Waals surface area contributed by atoms with Crippen LogP contribution in [0.5, 0.6) is 11.6 Å². The fraction of sp³-hybridized carbons (Fsp3) is 0.316. The van der Waals surface area contributed by atoms with E-state index in [1.807, 2.05) is 38.1 Å². The molecule has 2 rings (SSSR count). The summed E-state index contributed by atoms with van der Waals surface area (Å²) < 4.78 is 11.1. The second kappa shape index (κ2) is 9.91. The van der Waals surface area contributed by atoms with Gasteiger partial charge in [0.05, 0.1) is 19.0 Å². The molecule has 0 saturated carbocycles. The third kappa shape index (κ3) is 6.90. The second-order valence-electron chi connectivity index (χ2n) is 6.25. The minimum atomic E-state index is -0.699. The number of alkyl carbamates (subject to hydrolysis) is 1. The van der Waals surface area contributed by atoms with E-state index in [2.05, 4.69) is 36.3 Å². The number of nitrogens with one attached hydrogen (secondary N) is 2. The number of benzene rings is 1. The van der Waals surface area contributed by atoms with Gasteiger partial charge in [-0.05, 0) is 36.6 Å². The van der Waals surface area contributed by atoms with Crippen LogP contribution in [0.4, 0.5) is 10.5 Å². The van der Waals surface area contributed by atoms with E-state index in [0.29, 0.717) is 23.7 Å². The number of amides is 2. The SMILES string of the molecule is COC(=O)NC(CC(C)C)C(=O)Nc1ccc(Oc2cccc(Br)c2)nc1. The van der Waals surface area contributed by atoms with E-state index in [0.717, 1.165) is 4.47 Å². The number of carbonyl (C=O) groups excluding carboxylic acids is 2. The maximum absolute atomic E-state index is 12.5. The zero-order chi connectivity index (χ0) is 19.8. The summed E-state index contributed by atoms with van der Waals surface area (Å²) in [5.41, 5.74) is 0.502. The number of methoxy groups -OCH3 is 1. The Hall–Kier alpha value is -2.61. The summed E-state index contributed by atoms with van der Waals surface area (Å²) in [5, 5.41) is 5.29. The molecule has 0 fully saturated rings. The van der Waals surface area contributed by atoms with Crippen LogP contribution in [-0.4, -0.2) is 30.1 Å². The molecule has 2 N–H and O–H groups in total. The number of rotatable bonds is 7. The van der Waals surface area contributed by atoms with Gasteiger partial charge in [-0.15, -0.1) is 0 Å². The van der Waals surface area contributed by atoms with E-state index < -0.39 is 12.1 Å². The van der Waals surface area contributed by atoms with Gasteiger partial charge in [0.25, 0.3) is 0 Å². The highest BCUT2D eigenvalue weighted by Crippen LogP contribution is 2.23. The summed E-state index contributed by atoms with van der Waals surface area (Å²) in [6.07, 6.45) is 1.33. The number of carbonyl (C=O) groups is 2. The van der Waals surface area contributed by atoms with Crippen LogP contribution in [0.25, 0.3) is 0 Å². The summed E-state index contributed by atoms with van der Waals surface area (Å²) in [5.74, 6) is 0.930. The quantitative estimate of drug-likeness (QED) is 0.674. The number of halogens is 1. The Morgan fingerprint density at radius 2 is 2.00 bits per heavy atom. The smallest absolute Gasteiger partial charge is 0.407 e. The van der Waals surface area contributed by atoms with Crippen LogP contribution in [0, 0.1) is 5.92 Å². The first-order valence-electron chi connectivity index (χ1n) is 8.42. The van der Waals surface area contributed by atoms with Crippen molar-refractivity contribution in [2.24, 2.45) is 5.92 Å². The first-order chi connectivity index (χ1) is 12.9. The highest BCUT2D eigenvalue weighted by Gasteiger charge is 2.22. The van der Waals surface area contributed by atoms with Gasteiger partial charge < -0.3 is 20.1 Å². The Morgan fingerprint density at radius 3 is 2.59 bits per heavy atom. The van der Waals surface area contributed by atoms with Crippen LogP contribution in [0.15, 0.2) is 47.1 Å². The number of pyridine rings is 1. The molecular weight excluding hydrogens is 414 g/mol. The van der Waals surface area contributed by atoms with Crippen molar-refractivity contribution in [2.75, 3.05) is 12.4 Å². The van der Waals surface area contributed by atoms with Crippen LogP contribution in [0.3, 0.4) is 0 Å². The van der Waals surface area contributed by atoms with Crippen molar-refractivity contribution in [3.8, 4) is 11.6 Å². The van der Waals surface area contributed by atoms with Crippen LogP contribution in [-0.2, 0) is 9.53 Å². The molecule has 8 heteroatoms. The Bertz CT molecular complexity index is 781. The van der Waals surface area contributed by atoms with Gasteiger partial charge in [0.15, 0.2) is 0 Å². The zero-order valence-corrected chi connectivity index (χ0v) is 16.9. The summed E-state index contributed by atoms with van der Waals surface area (Å²) >= 11 is 3.38. The lowest BCUT2D eigenvalue weighted by atomic mass is 10.0. The molecule has 0 radical (unpaired) electrons. The lowest BCUT2D eigenvalue weighted by Gasteiger charge is -2.19. The van der Waals surface area contributed by atoms with Crippen molar-refractivity contribution in [3.05, 3.63) is 47.1 Å². The highest BCUT2D eigenvalue weighted by molar-refractivity contribution is 9.10. The molecule has 0 aliphatic rings. The van der Waals surface area contributed by atoms with Gasteiger partial charge >= 0.3 is 6.09 Å². The molecule has 2 aromatic rings. The third-order valence-corrected chi connectivity index (χ3v) is 4.02. The lowest BCUT2D eigenvalue weighted by molar-refractivity contribution is -0.118. The Kier molecular flexibility index (Phi) is 7.60. The predicted octanol–water partition coefficient (Wildman–Crippen LogP) is 4.35. The number of anilines is 1. The minimum absolute atomic E-state index is 0.219. The average Bonchev–Trinajstić information content (AvgIpc) is 2.62. The molecule has 27 heavy (non-hydrogen) atoms. The summed E-state index contributed by atoms with van der Waals surface area (Å²) in [7, 11) is 1.26. The van der Waals surface area contributed by atoms with E-state index >= 15 is 0 Å². The maximum Gasteiger partial charge on any atom is 0.407 e. The molecule has 1 atom stereocenters. The predicted molar refractivity (Wildman–Crippen MR) is 106 cm³/mol. The van der Waals surface area contributed by atoms with E-state index in [1.165, 1.54) is 13.3 Å². The topological polar surface area (TPSA) is 89.5 Å². The molecule has 144 valence electrons. The summed E-state index contributed by atoms with van der Waals surface area (Å²) in [6.45, 7) is 3.93. The minimum Gasteiger partial charge on any atom is -0.453 e. The fourth-order valence-corrected chi connectivity index (χ4v) is 2.68. The number of aromatic nitrogens is 1. The number of hydrogen-bond donors (Lipinski definition) is 2. The van der Waals surface area contributed by atoms with Gasteiger partial charge in [-0.1, -0.05) is 35.8 Å². The second-order valence-corrected chi connectivity index (χ2v) is 7.17.